The number of allylic oxidation sites excluding steroid dienone is 1. The molecule has 29 heavy (non-hydrogen) atoms. The Hall–Kier alpha value is -3.55. The Balaban J connectivity index is 1.92. The molecule has 0 fully saturated rings. The molecule has 0 saturated carbocycles. The summed E-state index contributed by atoms with van der Waals surface area (Å²) in [4.78, 5) is 38.4. The third-order valence-corrected chi connectivity index (χ3v) is 4.63. The number of halogens is 2. The smallest absolute Gasteiger partial charge is 0.261 e. The minimum atomic E-state index is -1.50. The summed E-state index contributed by atoms with van der Waals surface area (Å²) in [6, 6.07) is 11.1. The summed E-state index contributed by atoms with van der Waals surface area (Å²) in [6.07, 6.45) is 0.437. The summed E-state index contributed by atoms with van der Waals surface area (Å²) in [5, 5.41) is 2.30. The van der Waals surface area contributed by atoms with Crippen molar-refractivity contribution in [2.75, 3.05) is 12.0 Å². The van der Waals surface area contributed by atoms with Crippen LogP contribution in [0.25, 0.3) is 5.57 Å². The summed E-state index contributed by atoms with van der Waals surface area (Å²) < 4.78 is 32.7. The summed E-state index contributed by atoms with van der Waals surface area (Å²) in [6.45, 7) is 2.53. The van der Waals surface area contributed by atoms with E-state index in [4.69, 9.17) is 4.74 Å². The van der Waals surface area contributed by atoms with Crippen molar-refractivity contribution in [1.29, 1.82) is 0 Å². The SMILES string of the molecule is CC(C)(C(=O)Nc1cc(F)ccc1F)N1COC(C=O)=C(c2ccccc2)C1=O. The normalized spacial score (nSPS) is 14.5. The topological polar surface area (TPSA) is 75.7 Å². The Labute approximate surface area is 165 Å². The standard InChI is InChI=1S/C21H18F2N2O4/c1-21(2,20(28)24-16-10-14(22)8-9-15(16)23)25-12-29-17(11-26)18(19(25)27)13-6-4-3-5-7-13/h3-11H,12H2,1-2H3,(H,24,28). The Kier molecular flexibility index (Phi) is 5.45. The number of carbonyl (C=O) groups is 3. The van der Waals surface area contributed by atoms with Gasteiger partial charge in [0.05, 0.1) is 11.3 Å². The monoisotopic (exact) mass is 400 g/mol. The van der Waals surface area contributed by atoms with Crippen LogP contribution >= 0.6 is 0 Å². The summed E-state index contributed by atoms with van der Waals surface area (Å²) in [5.74, 6) is -3.01. The number of nitrogens with one attached hydrogen (secondary N) is 1. The number of hydrogen-bond acceptors (Lipinski definition) is 4. The van der Waals surface area contributed by atoms with Gasteiger partial charge in [0.25, 0.3) is 5.91 Å². The van der Waals surface area contributed by atoms with Gasteiger partial charge in [0.2, 0.25) is 5.91 Å². The van der Waals surface area contributed by atoms with Crippen molar-refractivity contribution < 1.29 is 27.9 Å². The van der Waals surface area contributed by atoms with E-state index in [0.29, 0.717) is 11.8 Å². The van der Waals surface area contributed by atoms with Gasteiger partial charge in [0.1, 0.15) is 17.2 Å². The molecule has 0 saturated heterocycles. The highest BCUT2D eigenvalue weighted by molar-refractivity contribution is 6.24. The number of ether oxygens (including phenoxy) is 1. The van der Waals surface area contributed by atoms with Crippen LogP contribution in [-0.2, 0) is 19.1 Å². The molecule has 0 aliphatic carbocycles. The highest BCUT2D eigenvalue weighted by Crippen LogP contribution is 2.30. The van der Waals surface area contributed by atoms with Crippen LogP contribution in [0.4, 0.5) is 14.5 Å². The van der Waals surface area contributed by atoms with E-state index in [-0.39, 0.29) is 23.8 Å². The molecule has 6 nitrogen and oxygen atoms in total. The van der Waals surface area contributed by atoms with Crippen LogP contribution in [0.2, 0.25) is 0 Å². The molecule has 3 rings (SSSR count). The molecule has 2 aromatic rings. The molecule has 8 heteroatoms. The van der Waals surface area contributed by atoms with Crippen molar-refractivity contribution in [3.8, 4) is 0 Å². The first-order chi connectivity index (χ1) is 13.8. The second-order valence-corrected chi connectivity index (χ2v) is 6.87. The van der Waals surface area contributed by atoms with Gasteiger partial charge in [-0.2, -0.15) is 0 Å². The minimum absolute atomic E-state index is 0.0182. The first-order valence-electron chi connectivity index (χ1n) is 8.72. The van der Waals surface area contributed by atoms with Crippen molar-refractivity contribution in [2.24, 2.45) is 0 Å². The predicted molar refractivity (Wildman–Crippen MR) is 101 cm³/mol. The molecule has 0 radical (unpaired) electrons. The van der Waals surface area contributed by atoms with Crippen molar-refractivity contribution in [1.82, 2.24) is 4.90 Å². The van der Waals surface area contributed by atoms with Crippen molar-refractivity contribution in [2.45, 2.75) is 19.4 Å². The molecule has 150 valence electrons. The number of amides is 2. The highest BCUT2D eigenvalue weighted by Gasteiger charge is 2.43. The Morgan fingerprint density at radius 1 is 1.17 bits per heavy atom. The van der Waals surface area contributed by atoms with E-state index in [9.17, 15) is 23.2 Å². The number of aldehydes is 1. The van der Waals surface area contributed by atoms with Gasteiger partial charge in [-0.25, -0.2) is 8.78 Å². The lowest BCUT2D eigenvalue weighted by Crippen LogP contribution is -2.57. The molecule has 1 heterocycles. The maximum Gasteiger partial charge on any atom is 0.261 e. The first kappa shape index (κ1) is 20.2. The summed E-state index contributed by atoms with van der Waals surface area (Å²) >= 11 is 0. The molecule has 1 aliphatic rings. The first-order valence-corrected chi connectivity index (χ1v) is 8.72. The lowest BCUT2D eigenvalue weighted by molar-refractivity contribution is -0.147. The quantitative estimate of drug-likeness (QED) is 0.783. The molecule has 1 aliphatic heterocycles. The van der Waals surface area contributed by atoms with E-state index < -0.39 is 29.0 Å². The molecule has 0 unspecified atom stereocenters. The molecule has 0 spiro atoms. The number of anilines is 1. The van der Waals surface area contributed by atoms with Crippen LogP contribution in [-0.4, -0.2) is 35.3 Å². The molecule has 0 atom stereocenters. The number of carbonyl (C=O) groups excluding carboxylic acids is 3. The molecular formula is C21H18F2N2O4. The Morgan fingerprint density at radius 2 is 1.86 bits per heavy atom. The van der Waals surface area contributed by atoms with Crippen LogP contribution in [0.5, 0.6) is 0 Å². The maximum absolute atomic E-state index is 13.9. The molecule has 1 N–H and O–H groups in total. The average molecular weight is 400 g/mol. The zero-order valence-corrected chi connectivity index (χ0v) is 15.7. The molecular weight excluding hydrogens is 382 g/mol. The fraction of sp³-hybridized carbons (Fsp3) is 0.190. The van der Waals surface area contributed by atoms with E-state index in [2.05, 4.69) is 5.32 Å². The zero-order chi connectivity index (χ0) is 21.2. The minimum Gasteiger partial charge on any atom is -0.469 e. The average Bonchev–Trinajstić information content (AvgIpc) is 2.70. The number of nitrogens with zero attached hydrogens (tertiary/aromatic N) is 1. The van der Waals surface area contributed by atoms with E-state index in [1.54, 1.807) is 30.3 Å². The van der Waals surface area contributed by atoms with Gasteiger partial charge >= 0.3 is 0 Å². The predicted octanol–water partition coefficient (Wildman–Crippen LogP) is 3.11. The largest absolute Gasteiger partial charge is 0.469 e. The Morgan fingerprint density at radius 3 is 2.52 bits per heavy atom. The number of rotatable bonds is 5. The van der Waals surface area contributed by atoms with Crippen molar-refractivity contribution in [3.63, 3.8) is 0 Å². The fourth-order valence-electron chi connectivity index (χ4n) is 2.88. The molecule has 2 aromatic carbocycles. The summed E-state index contributed by atoms with van der Waals surface area (Å²) in [7, 11) is 0. The lowest BCUT2D eigenvalue weighted by Gasteiger charge is -2.39. The Bertz CT molecular complexity index is 1000. The van der Waals surface area contributed by atoms with Crippen LogP contribution < -0.4 is 5.32 Å². The van der Waals surface area contributed by atoms with Crippen molar-refractivity contribution in [3.05, 3.63) is 71.5 Å². The van der Waals surface area contributed by atoms with Gasteiger partial charge in [0, 0.05) is 6.07 Å². The van der Waals surface area contributed by atoms with Crippen LogP contribution in [0.1, 0.15) is 19.4 Å². The van der Waals surface area contributed by atoms with Crippen LogP contribution in [0.3, 0.4) is 0 Å². The molecule has 0 aromatic heterocycles. The van der Waals surface area contributed by atoms with Gasteiger partial charge in [-0.05, 0) is 31.5 Å². The molecule has 2 amide bonds. The van der Waals surface area contributed by atoms with Crippen LogP contribution in [0.15, 0.2) is 54.3 Å². The third-order valence-electron chi connectivity index (χ3n) is 4.63. The van der Waals surface area contributed by atoms with Gasteiger partial charge in [-0.15, -0.1) is 0 Å². The second-order valence-electron chi connectivity index (χ2n) is 6.87. The van der Waals surface area contributed by atoms with E-state index in [1.165, 1.54) is 13.8 Å². The number of hydrogen-bond donors (Lipinski definition) is 1. The van der Waals surface area contributed by atoms with Crippen molar-refractivity contribution >= 4 is 29.4 Å². The highest BCUT2D eigenvalue weighted by atomic mass is 19.1. The van der Waals surface area contributed by atoms with Gasteiger partial charge < -0.3 is 10.1 Å². The van der Waals surface area contributed by atoms with E-state index in [0.717, 1.165) is 23.1 Å². The number of benzene rings is 2. The van der Waals surface area contributed by atoms with Gasteiger partial charge in [0.15, 0.2) is 18.8 Å². The van der Waals surface area contributed by atoms with Gasteiger partial charge in [-0.3, -0.25) is 19.3 Å². The zero-order valence-electron chi connectivity index (χ0n) is 15.7. The van der Waals surface area contributed by atoms with Crippen LogP contribution in [0, 0.1) is 11.6 Å². The second kappa shape index (κ2) is 7.83. The van der Waals surface area contributed by atoms with Gasteiger partial charge in [-0.1, -0.05) is 30.3 Å². The van der Waals surface area contributed by atoms with E-state index >= 15 is 0 Å². The fourth-order valence-corrected chi connectivity index (χ4v) is 2.88. The summed E-state index contributed by atoms with van der Waals surface area (Å²) in [5.41, 5.74) is -1.37. The third kappa shape index (κ3) is 3.87. The molecule has 0 bridgehead atoms. The van der Waals surface area contributed by atoms with E-state index in [1.807, 2.05) is 0 Å². The lowest BCUT2D eigenvalue weighted by atomic mass is 9.96. The maximum atomic E-state index is 13.9.